The topological polar surface area (TPSA) is 55.4 Å². The van der Waals surface area contributed by atoms with Crippen LogP contribution >= 0.6 is 0 Å². The number of nitrogens with one attached hydrogen (secondary N) is 1. The van der Waals surface area contributed by atoms with Crippen LogP contribution in [0, 0.1) is 0 Å². The van der Waals surface area contributed by atoms with E-state index >= 15 is 0 Å². The smallest absolute Gasteiger partial charge is 0.303 e. The first kappa shape index (κ1) is 9.71. The Balaban J connectivity index is 2.12. The molecule has 4 nitrogen and oxygen atoms in total. The molecule has 0 saturated carbocycles. The average molecular weight is 205 g/mol. The minimum Gasteiger partial charge on any atom is -0.450 e. The lowest BCUT2D eigenvalue weighted by molar-refractivity contribution is -0.164. The number of carbonyl (C=O) groups is 2. The van der Waals surface area contributed by atoms with Crippen molar-refractivity contribution in [2.45, 2.75) is 19.1 Å². The van der Waals surface area contributed by atoms with Crippen LogP contribution in [0.1, 0.15) is 18.5 Å². The van der Waals surface area contributed by atoms with Crippen molar-refractivity contribution < 1.29 is 14.3 Å². The summed E-state index contributed by atoms with van der Waals surface area (Å²) in [6.07, 6.45) is -0.676. The van der Waals surface area contributed by atoms with Gasteiger partial charge in [-0.2, -0.15) is 0 Å². The Labute approximate surface area is 87.2 Å². The van der Waals surface area contributed by atoms with Gasteiger partial charge in [0.15, 0.2) is 0 Å². The molecule has 0 unspecified atom stereocenters. The Morgan fingerprint density at radius 3 is 2.53 bits per heavy atom. The van der Waals surface area contributed by atoms with E-state index in [1.165, 1.54) is 6.92 Å². The van der Waals surface area contributed by atoms with E-state index in [0.29, 0.717) is 0 Å². The van der Waals surface area contributed by atoms with E-state index in [0.717, 1.165) is 5.56 Å². The van der Waals surface area contributed by atoms with E-state index < -0.39 is 12.1 Å². The number of rotatable bonds is 2. The van der Waals surface area contributed by atoms with Crippen molar-refractivity contribution in [3.05, 3.63) is 35.9 Å². The second-order valence-corrected chi connectivity index (χ2v) is 3.43. The van der Waals surface area contributed by atoms with Crippen LogP contribution in [0.4, 0.5) is 0 Å². The molecule has 1 aliphatic rings. The lowest BCUT2D eigenvalue weighted by Gasteiger charge is -2.35. The van der Waals surface area contributed by atoms with Gasteiger partial charge in [0, 0.05) is 6.92 Å². The summed E-state index contributed by atoms with van der Waals surface area (Å²) in [7, 11) is 0. The van der Waals surface area contributed by atoms with Gasteiger partial charge in [-0.1, -0.05) is 30.3 Å². The Hall–Kier alpha value is -1.84. The van der Waals surface area contributed by atoms with E-state index in [9.17, 15) is 9.59 Å². The van der Waals surface area contributed by atoms with Crippen molar-refractivity contribution in [2.24, 2.45) is 0 Å². The van der Waals surface area contributed by atoms with Gasteiger partial charge in [0.25, 0.3) is 5.91 Å². The molecule has 1 amide bonds. The third kappa shape index (κ3) is 1.83. The largest absolute Gasteiger partial charge is 0.450 e. The Kier molecular flexibility index (Phi) is 2.41. The molecule has 1 N–H and O–H groups in total. The fraction of sp³-hybridized carbons (Fsp3) is 0.273. The van der Waals surface area contributed by atoms with Crippen LogP contribution in [0.25, 0.3) is 0 Å². The van der Waals surface area contributed by atoms with Crippen molar-refractivity contribution in [3.63, 3.8) is 0 Å². The van der Waals surface area contributed by atoms with E-state index in [1.54, 1.807) is 0 Å². The lowest BCUT2D eigenvalue weighted by atomic mass is 9.94. The summed E-state index contributed by atoms with van der Waals surface area (Å²) in [4.78, 5) is 21.9. The zero-order chi connectivity index (χ0) is 10.8. The molecule has 1 aliphatic heterocycles. The highest BCUT2D eigenvalue weighted by Gasteiger charge is 2.42. The van der Waals surface area contributed by atoms with E-state index in [1.807, 2.05) is 30.3 Å². The van der Waals surface area contributed by atoms with Crippen LogP contribution in [-0.2, 0) is 14.3 Å². The molecule has 0 radical (unpaired) electrons. The van der Waals surface area contributed by atoms with Gasteiger partial charge >= 0.3 is 5.97 Å². The molecule has 0 aliphatic carbocycles. The highest BCUT2D eigenvalue weighted by atomic mass is 16.6. The minimum atomic E-state index is -0.676. The molecule has 0 spiro atoms. The minimum absolute atomic E-state index is 0.206. The normalized spacial score (nSPS) is 23.9. The predicted octanol–water partition coefficient (Wildman–Crippen LogP) is 0.789. The maximum absolute atomic E-state index is 11.2. The quantitative estimate of drug-likeness (QED) is 0.573. The second-order valence-electron chi connectivity index (χ2n) is 3.43. The number of hydrogen-bond donors (Lipinski definition) is 1. The molecule has 1 fully saturated rings. The summed E-state index contributed by atoms with van der Waals surface area (Å²) in [5.74, 6) is -0.671. The zero-order valence-corrected chi connectivity index (χ0v) is 8.27. The molecule has 0 aromatic heterocycles. The molecule has 1 aromatic carbocycles. The van der Waals surface area contributed by atoms with Gasteiger partial charge in [-0.15, -0.1) is 0 Å². The number of hydrogen-bond acceptors (Lipinski definition) is 3. The van der Waals surface area contributed by atoms with Gasteiger partial charge in [0.05, 0.1) is 0 Å². The summed E-state index contributed by atoms with van der Waals surface area (Å²) < 4.78 is 4.91. The van der Waals surface area contributed by atoms with Crippen LogP contribution in [0.3, 0.4) is 0 Å². The SMILES string of the molecule is CC(=O)O[C@H]1C(=O)N[C@H]1c1ccccc1. The van der Waals surface area contributed by atoms with E-state index in [-0.39, 0.29) is 11.9 Å². The first-order valence-corrected chi connectivity index (χ1v) is 4.71. The molecular weight excluding hydrogens is 194 g/mol. The van der Waals surface area contributed by atoms with Crippen molar-refractivity contribution >= 4 is 11.9 Å². The number of esters is 1. The summed E-state index contributed by atoms with van der Waals surface area (Å²) in [6.45, 7) is 1.30. The third-order valence-corrected chi connectivity index (χ3v) is 2.31. The molecule has 1 aromatic rings. The molecule has 0 bridgehead atoms. The summed E-state index contributed by atoms with van der Waals surface area (Å²) in [5.41, 5.74) is 0.948. The van der Waals surface area contributed by atoms with Gasteiger partial charge in [0.1, 0.15) is 6.04 Å². The van der Waals surface area contributed by atoms with Crippen molar-refractivity contribution in [2.75, 3.05) is 0 Å². The summed E-state index contributed by atoms with van der Waals surface area (Å²) >= 11 is 0. The van der Waals surface area contributed by atoms with Gasteiger partial charge in [-0.25, -0.2) is 0 Å². The fourth-order valence-electron chi connectivity index (χ4n) is 1.59. The molecule has 78 valence electrons. The number of carbonyl (C=O) groups excluding carboxylic acids is 2. The molecule has 1 saturated heterocycles. The van der Waals surface area contributed by atoms with E-state index in [2.05, 4.69) is 5.32 Å². The highest BCUT2D eigenvalue weighted by Crippen LogP contribution is 2.26. The first-order chi connectivity index (χ1) is 7.18. The summed E-state index contributed by atoms with van der Waals surface area (Å²) in [5, 5.41) is 2.70. The predicted molar refractivity (Wildman–Crippen MR) is 52.9 cm³/mol. The van der Waals surface area contributed by atoms with Crippen molar-refractivity contribution in [1.82, 2.24) is 5.32 Å². The molecule has 4 heteroatoms. The van der Waals surface area contributed by atoms with Crippen LogP contribution < -0.4 is 5.32 Å². The first-order valence-electron chi connectivity index (χ1n) is 4.71. The molecule has 1 heterocycles. The molecule has 15 heavy (non-hydrogen) atoms. The van der Waals surface area contributed by atoms with Crippen LogP contribution in [0.5, 0.6) is 0 Å². The number of amides is 1. The lowest BCUT2D eigenvalue weighted by Crippen LogP contribution is -2.57. The number of β-lactam (4-membered cyclic amide) rings is 1. The zero-order valence-electron chi connectivity index (χ0n) is 8.27. The maximum atomic E-state index is 11.2. The Morgan fingerprint density at radius 1 is 1.33 bits per heavy atom. The Morgan fingerprint density at radius 2 is 2.00 bits per heavy atom. The monoisotopic (exact) mass is 205 g/mol. The summed E-state index contributed by atoms with van der Waals surface area (Å²) in [6, 6.07) is 9.23. The standard InChI is InChI=1S/C11H11NO3/c1-7(13)15-10-9(12-11(10)14)8-5-3-2-4-6-8/h2-6,9-10H,1H3,(H,12,14)/t9-,10+/m0/s1. The van der Waals surface area contributed by atoms with Crippen LogP contribution in [0.2, 0.25) is 0 Å². The van der Waals surface area contributed by atoms with Crippen LogP contribution in [0.15, 0.2) is 30.3 Å². The van der Waals surface area contributed by atoms with Crippen LogP contribution in [-0.4, -0.2) is 18.0 Å². The molecule has 2 rings (SSSR count). The van der Waals surface area contributed by atoms with Crippen molar-refractivity contribution in [3.8, 4) is 0 Å². The van der Waals surface area contributed by atoms with Gasteiger partial charge in [-0.3, -0.25) is 9.59 Å². The van der Waals surface area contributed by atoms with Gasteiger partial charge < -0.3 is 10.1 Å². The third-order valence-electron chi connectivity index (χ3n) is 2.31. The molecule has 2 atom stereocenters. The van der Waals surface area contributed by atoms with Crippen molar-refractivity contribution in [1.29, 1.82) is 0 Å². The Bertz CT molecular complexity index is 388. The molecular formula is C11H11NO3. The van der Waals surface area contributed by atoms with E-state index in [4.69, 9.17) is 4.74 Å². The highest BCUT2D eigenvalue weighted by molar-refractivity contribution is 5.90. The fourth-order valence-corrected chi connectivity index (χ4v) is 1.59. The van der Waals surface area contributed by atoms with Gasteiger partial charge in [0.2, 0.25) is 6.10 Å². The van der Waals surface area contributed by atoms with Gasteiger partial charge in [-0.05, 0) is 5.56 Å². The average Bonchev–Trinajstić information content (AvgIpc) is 2.24. The number of benzene rings is 1. The number of ether oxygens (including phenoxy) is 1. The maximum Gasteiger partial charge on any atom is 0.303 e. The second kappa shape index (κ2) is 3.73.